The molecule has 1 N–H and O–H groups in total. The average Bonchev–Trinajstić information content (AvgIpc) is 1.76. The van der Waals surface area contributed by atoms with E-state index in [0.717, 1.165) is 0 Å². The van der Waals surface area contributed by atoms with Crippen LogP contribution in [0.1, 0.15) is 0 Å². The van der Waals surface area contributed by atoms with Crippen LogP contribution < -0.4 is 37.2 Å². The van der Waals surface area contributed by atoms with E-state index in [1.807, 2.05) is 0 Å². The summed E-state index contributed by atoms with van der Waals surface area (Å²) in [6.45, 7) is 0. The first-order valence-corrected chi connectivity index (χ1v) is 1.22. The maximum atomic E-state index is 3.29. The van der Waals surface area contributed by atoms with Crippen LogP contribution in [0.3, 0.4) is 0 Å². The Morgan fingerprint density at radius 3 is 1.89 bits per heavy atom. The molecule has 0 fully saturated rings. The van der Waals surface area contributed by atoms with Crippen molar-refractivity contribution in [2.45, 2.75) is 0 Å². The summed E-state index contributed by atoms with van der Waals surface area (Å²) in [7, 11) is 0. The van der Waals surface area contributed by atoms with E-state index in [0.29, 0.717) is 0 Å². The molecular weight excluding hydrogens is 264 g/mol. The summed E-state index contributed by atoms with van der Waals surface area (Å²) in [4.78, 5) is 0. The third-order valence-electron chi connectivity index (χ3n) is 0.295. The molecule has 7 heteroatoms. The predicted molar refractivity (Wildman–Crippen MR) is 15.2 cm³/mol. The Bertz CT molecular complexity index is 73.5. The van der Waals surface area contributed by atoms with Gasteiger partial charge in [0.25, 0.3) is 0 Å². The second kappa shape index (κ2) is 16.0. The van der Waals surface area contributed by atoms with Gasteiger partial charge in [-0.25, -0.2) is 0 Å². The zero-order valence-electron chi connectivity index (χ0n) is 4.11. The van der Waals surface area contributed by atoms with Crippen molar-refractivity contribution in [2.24, 2.45) is 0 Å². The Labute approximate surface area is 90.7 Å². The van der Waals surface area contributed by atoms with Crippen LogP contribution in [0, 0.1) is 6.20 Å². The normalized spacial score (nSPS) is 4.44. The molecule has 1 heterocycles. The first-order valence-electron chi connectivity index (χ1n) is 1.22. The minimum Gasteiger partial charge on any atom is -1.00 e. The summed E-state index contributed by atoms with van der Waals surface area (Å²) in [5, 5.41) is 9.03. The largest absolute Gasteiger partial charge is 4.00 e. The monoisotopic (exact) mass is 263 g/mol. The van der Waals surface area contributed by atoms with Crippen LogP contribution >= 0.6 is 0 Å². The number of nitrogens with one attached hydrogen (secondary N) is 1. The molecule has 1 aromatic heterocycles. The molecule has 0 aliphatic carbocycles. The molecule has 0 spiro atoms. The number of aromatic nitrogens is 3. The number of rotatable bonds is 0. The second-order valence-corrected chi connectivity index (χ2v) is 0.603. The van der Waals surface area contributed by atoms with Gasteiger partial charge in [-0.2, -0.15) is 0 Å². The quantitative estimate of drug-likeness (QED) is 0.474. The van der Waals surface area contributed by atoms with Crippen LogP contribution in [0.4, 0.5) is 0 Å². The van der Waals surface area contributed by atoms with Crippen molar-refractivity contribution in [1.29, 1.82) is 0 Å². The van der Waals surface area contributed by atoms with Gasteiger partial charge in [-0.15, -0.1) is 11.4 Å². The molecule has 1 rings (SSSR count). The molecule has 1 aromatic rings. The van der Waals surface area contributed by atoms with Crippen molar-refractivity contribution in [3.05, 3.63) is 12.4 Å². The van der Waals surface area contributed by atoms with Crippen molar-refractivity contribution in [2.75, 3.05) is 0 Å². The smallest absolute Gasteiger partial charge is 1.00 e. The van der Waals surface area contributed by atoms with Crippen LogP contribution in [-0.4, -0.2) is 15.4 Å². The third kappa shape index (κ3) is 12.2. The molecule has 0 radical (unpaired) electrons. The topological polar surface area (TPSA) is 41.6 Å². The Hall–Kier alpha value is 0.893. The molecule has 0 saturated heterocycles. The fourth-order valence-corrected chi connectivity index (χ4v) is 0.144. The van der Waals surface area contributed by atoms with E-state index in [9.17, 15) is 0 Å². The van der Waals surface area contributed by atoms with Gasteiger partial charge < -0.3 is 53.6 Å². The summed E-state index contributed by atoms with van der Waals surface area (Å²) >= 11 is 0. The molecular formula is C2H2Cl3N3Zr. The third-order valence-corrected chi connectivity index (χ3v) is 0.295. The molecule has 0 aromatic carbocycles. The predicted octanol–water partition coefficient (Wildman–Crippen LogP) is -9.39. The number of aromatic amines is 1. The van der Waals surface area contributed by atoms with Gasteiger partial charge in [0.05, 0.1) is 0 Å². The van der Waals surface area contributed by atoms with Gasteiger partial charge in [0.2, 0.25) is 0 Å². The molecule has 0 bridgehead atoms. The maximum Gasteiger partial charge on any atom is 4.00 e. The van der Waals surface area contributed by atoms with Crippen molar-refractivity contribution in [3.63, 3.8) is 0 Å². The standard InChI is InChI=1S/C2H2N3.3ClH.Zr/c1-2-4-5-3-1;;;;/h1H,(H,3,4,5);3*1H;/q-1;;;;+4/p-3. The minimum atomic E-state index is 0. The number of hydrogen-bond acceptors (Lipinski definition) is 2. The van der Waals surface area contributed by atoms with Crippen LogP contribution in [0.2, 0.25) is 0 Å². The van der Waals surface area contributed by atoms with Crippen LogP contribution in [-0.2, 0) is 26.2 Å². The van der Waals surface area contributed by atoms with E-state index in [1.165, 1.54) is 6.20 Å². The van der Waals surface area contributed by atoms with Crippen molar-refractivity contribution in [1.82, 2.24) is 15.4 Å². The Balaban J connectivity index is -0.0000000312. The first kappa shape index (κ1) is 22.5. The van der Waals surface area contributed by atoms with Gasteiger partial charge in [-0.1, -0.05) is 0 Å². The summed E-state index contributed by atoms with van der Waals surface area (Å²) < 4.78 is 0. The molecule has 3 nitrogen and oxygen atoms in total. The first-order chi connectivity index (χ1) is 2.50. The van der Waals surface area contributed by atoms with E-state index in [2.05, 4.69) is 21.6 Å². The average molecular weight is 266 g/mol. The van der Waals surface area contributed by atoms with E-state index in [1.54, 1.807) is 0 Å². The Kier molecular flexibility index (Phi) is 39.9. The molecule has 0 unspecified atom stereocenters. The van der Waals surface area contributed by atoms with Gasteiger partial charge >= 0.3 is 26.2 Å². The van der Waals surface area contributed by atoms with Gasteiger partial charge in [0, 0.05) is 0 Å². The molecule has 50 valence electrons. The molecule has 0 saturated carbocycles. The SMILES string of the molecule is [Cl-].[Cl-].[Cl-].[Zr+4].[c-]1c[nH]nn1. The van der Waals surface area contributed by atoms with E-state index in [-0.39, 0.29) is 63.4 Å². The fraction of sp³-hybridized carbons (Fsp3) is 0. The summed E-state index contributed by atoms with van der Waals surface area (Å²) in [5.74, 6) is 0. The van der Waals surface area contributed by atoms with Gasteiger partial charge in [0.1, 0.15) is 0 Å². The minimum absolute atomic E-state index is 0. The fourth-order valence-electron chi connectivity index (χ4n) is 0.144. The van der Waals surface area contributed by atoms with Gasteiger partial charge in [-0.05, 0) is 0 Å². The van der Waals surface area contributed by atoms with Crippen molar-refractivity contribution < 1.29 is 63.4 Å². The summed E-state index contributed by atoms with van der Waals surface area (Å²) in [6, 6.07) is 0. The number of H-pyrrole nitrogens is 1. The Morgan fingerprint density at radius 2 is 1.78 bits per heavy atom. The molecule has 0 amide bonds. The van der Waals surface area contributed by atoms with E-state index < -0.39 is 0 Å². The molecule has 9 heavy (non-hydrogen) atoms. The molecule has 0 aliphatic rings. The van der Waals surface area contributed by atoms with Crippen LogP contribution in [0.5, 0.6) is 0 Å². The summed E-state index contributed by atoms with van der Waals surface area (Å²) in [6.07, 6.45) is 3.97. The zero-order chi connectivity index (χ0) is 3.54. The Morgan fingerprint density at radius 1 is 1.22 bits per heavy atom. The molecule has 0 atom stereocenters. The van der Waals surface area contributed by atoms with Gasteiger partial charge in [0.15, 0.2) is 0 Å². The molecule has 0 aliphatic heterocycles. The van der Waals surface area contributed by atoms with Gasteiger partial charge in [-0.3, -0.25) is 0 Å². The van der Waals surface area contributed by atoms with E-state index in [4.69, 9.17) is 0 Å². The van der Waals surface area contributed by atoms with Crippen LogP contribution in [0.25, 0.3) is 0 Å². The van der Waals surface area contributed by atoms with Crippen LogP contribution in [0.15, 0.2) is 6.20 Å². The van der Waals surface area contributed by atoms with E-state index >= 15 is 0 Å². The number of hydrogen-bond donors (Lipinski definition) is 1. The summed E-state index contributed by atoms with van der Waals surface area (Å²) in [5.41, 5.74) is 0. The zero-order valence-corrected chi connectivity index (χ0v) is 8.83. The number of halogens is 3. The number of nitrogens with zero attached hydrogens (tertiary/aromatic N) is 2. The second-order valence-electron chi connectivity index (χ2n) is 0.603. The van der Waals surface area contributed by atoms with Crippen molar-refractivity contribution >= 4 is 0 Å². The van der Waals surface area contributed by atoms with Crippen molar-refractivity contribution in [3.8, 4) is 0 Å². The maximum absolute atomic E-state index is 3.29.